The van der Waals surface area contributed by atoms with Crippen LogP contribution in [0.2, 0.25) is 0 Å². The van der Waals surface area contributed by atoms with E-state index in [0.29, 0.717) is 25.6 Å². The summed E-state index contributed by atoms with van der Waals surface area (Å²) in [5, 5.41) is 3.00. The van der Waals surface area contributed by atoms with Crippen molar-refractivity contribution in [1.29, 1.82) is 0 Å². The molecule has 8 heteroatoms. The molecule has 2 amide bonds. The van der Waals surface area contributed by atoms with Crippen molar-refractivity contribution in [3.05, 3.63) is 18.5 Å². The van der Waals surface area contributed by atoms with Crippen LogP contribution in [0.3, 0.4) is 0 Å². The van der Waals surface area contributed by atoms with Gasteiger partial charge in [0.25, 0.3) is 0 Å². The topological polar surface area (TPSA) is 79.8 Å². The fourth-order valence-corrected chi connectivity index (χ4v) is 2.93. The predicted molar refractivity (Wildman–Crippen MR) is 87.9 cm³/mol. The van der Waals surface area contributed by atoms with Gasteiger partial charge in [-0.2, -0.15) is 0 Å². The molecule has 2 aliphatic rings. The van der Waals surface area contributed by atoms with Crippen molar-refractivity contribution >= 4 is 6.03 Å². The molecule has 2 fully saturated rings. The van der Waals surface area contributed by atoms with Crippen LogP contribution in [0, 0.1) is 0 Å². The smallest absolute Gasteiger partial charge is 0.317 e. The Morgan fingerprint density at radius 2 is 1.92 bits per heavy atom. The molecule has 1 aromatic heterocycles. The first-order chi connectivity index (χ1) is 11.8. The average Bonchev–Trinajstić information content (AvgIpc) is 2.64. The van der Waals surface area contributed by atoms with Crippen molar-refractivity contribution in [2.45, 2.75) is 18.9 Å². The van der Waals surface area contributed by atoms with E-state index in [-0.39, 0.29) is 12.1 Å². The van der Waals surface area contributed by atoms with Gasteiger partial charge in [-0.3, -0.25) is 4.90 Å². The van der Waals surface area contributed by atoms with E-state index in [1.807, 2.05) is 4.90 Å². The first kappa shape index (κ1) is 16.9. The lowest BCUT2D eigenvalue weighted by atomic mass is 10.1. The van der Waals surface area contributed by atoms with Gasteiger partial charge in [0.2, 0.25) is 0 Å². The van der Waals surface area contributed by atoms with Crippen LogP contribution >= 0.6 is 0 Å². The van der Waals surface area contributed by atoms with E-state index in [9.17, 15) is 4.79 Å². The molecule has 0 aromatic carbocycles. The lowest BCUT2D eigenvalue weighted by molar-refractivity contribution is 0.0384. The van der Waals surface area contributed by atoms with Gasteiger partial charge in [-0.25, -0.2) is 14.8 Å². The third-order valence-corrected chi connectivity index (χ3v) is 4.35. The fourth-order valence-electron chi connectivity index (χ4n) is 2.93. The van der Waals surface area contributed by atoms with Gasteiger partial charge >= 0.3 is 12.0 Å². The first-order valence-electron chi connectivity index (χ1n) is 8.58. The third-order valence-electron chi connectivity index (χ3n) is 4.35. The number of likely N-dealkylation sites (tertiary alicyclic amines) is 1. The highest BCUT2D eigenvalue weighted by Gasteiger charge is 2.24. The number of carbonyl (C=O) groups is 1. The molecule has 24 heavy (non-hydrogen) atoms. The van der Waals surface area contributed by atoms with Crippen molar-refractivity contribution in [3.8, 4) is 6.01 Å². The number of morpholine rings is 1. The molecule has 2 aliphatic heterocycles. The molecule has 0 unspecified atom stereocenters. The monoisotopic (exact) mass is 335 g/mol. The van der Waals surface area contributed by atoms with Crippen molar-refractivity contribution in [2.75, 3.05) is 52.5 Å². The number of piperidine rings is 1. The SMILES string of the molecule is O=C(NCCN1CCOCC1)N1CCC(Oc2ncccn2)CC1. The summed E-state index contributed by atoms with van der Waals surface area (Å²) in [6, 6.07) is 2.18. The second-order valence-corrected chi connectivity index (χ2v) is 6.02. The maximum atomic E-state index is 12.2. The zero-order valence-electron chi connectivity index (χ0n) is 13.9. The minimum absolute atomic E-state index is 0.0117. The number of ether oxygens (including phenoxy) is 2. The van der Waals surface area contributed by atoms with Gasteiger partial charge in [0.15, 0.2) is 0 Å². The maximum Gasteiger partial charge on any atom is 0.317 e. The van der Waals surface area contributed by atoms with Gasteiger partial charge in [-0.15, -0.1) is 0 Å². The molecular weight excluding hydrogens is 310 g/mol. The summed E-state index contributed by atoms with van der Waals surface area (Å²) < 4.78 is 11.1. The molecule has 0 aliphatic carbocycles. The number of aromatic nitrogens is 2. The van der Waals surface area contributed by atoms with Gasteiger partial charge < -0.3 is 19.7 Å². The Morgan fingerprint density at radius 1 is 1.21 bits per heavy atom. The van der Waals surface area contributed by atoms with Crippen molar-refractivity contribution in [3.63, 3.8) is 0 Å². The largest absolute Gasteiger partial charge is 0.460 e. The zero-order chi connectivity index (χ0) is 16.6. The molecule has 2 saturated heterocycles. The Bertz CT molecular complexity index is 502. The highest BCUT2D eigenvalue weighted by atomic mass is 16.5. The van der Waals surface area contributed by atoms with Crippen LogP contribution in [-0.2, 0) is 4.74 Å². The first-order valence-corrected chi connectivity index (χ1v) is 8.58. The van der Waals surface area contributed by atoms with Gasteiger partial charge in [0.05, 0.1) is 13.2 Å². The maximum absolute atomic E-state index is 12.2. The summed E-state index contributed by atoms with van der Waals surface area (Å²) in [6.45, 7) is 6.40. The second kappa shape index (κ2) is 8.79. The Kier molecular flexibility index (Phi) is 6.20. The van der Waals surface area contributed by atoms with E-state index < -0.39 is 0 Å². The number of hydrogen-bond donors (Lipinski definition) is 1. The Balaban J connectivity index is 1.32. The van der Waals surface area contributed by atoms with Gasteiger partial charge in [-0.1, -0.05) is 0 Å². The van der Waals surface area contributed by atoms with Crippen LogP contribution in [-0.4, -0.2) is 84.4 Å². The molecule has 0 bridgehead atoms. The zero-order valence-corrected chi connectivity index (χ0v) is 13.9. The van der Waals surface area contributed by atoms with E-state index >= 15 is 0 Å². The third kappa shape index (κ3) is 5.04. The summed E-state index contributed by atoms with van der Waals surface area (Å²) in [5.41, 5.74) is 0. The van der Waals surface area contributed by atoms with Crippen molar-refractivity contribution in [1.82, 2.24) is 25.1 Å². The van der Waals surface area contributed by atoms with E-state index in [4.69, 9.17) is 9.47 Å². The van der Waals surface area contributed by atoms with E-state index in [0.717, 1.165) is 45.7 Å². The Hall–Kier alpha value is -1.93. The van der Waals surface area contributed by atoms with Gasteiger partial charge in [-0.05, 0) is 6.07 Å². The van der Waals surface area contributed by atoms with Gasteiger partial charge in [0.1, 0.15) is 6.10 Å². The lowest BCUT2D eigenvalue weighted by Gasteiger charge is -2.32. The molecule has 132 valence electrons. The molecule has 0 radical (unpaired) electrons. The lowest BCUT2D eigenvalue weighted by Crippen LogP contribution is -2.48. The summed E-state index contributed by atoms with van der Waals surface area (Å²) in [4.78, 5) is 24.5. The van der Waals surface area contributed by atoms with Crippen LogP contribution in [0.4, 0.5) is 4.79 Å². The summed E-state index contributed by atoms with van der Waals surface area (Å²) >= 11 is 0. The van der Waals surface area contributed by atoms with Crippen LogP contribution in [0.5, 0.6) is 6.01 Å². The number of urea groups is 1. The van der Waals surface area contributed by atoms with Crippen LogP contribution in [0.15, 0.2) is 18.5 Å². The molecule has 0 spiro atoms. The molecular formula is C16H25N5O3. The molecule has 8 nitrogen and oxygen atoms in total. The number of hydrogen-bond acceptors (Lipinski definition) is 6. The number of carbonyl (C=O) groups excluding carboxylic acids is 1. The Morgan fingerprint density at radius 3 is 2.62 bits per heavy atom. The minimum atomic E-state index is 0.0117. The quantitative estimate of drug-likeness (QED) is 0.837. The number of nitrogens with zero attached hydrogens (tertiary/aromatic N) is 4. The summed E-state index contributed by atoms with van der Waals surface area (Å²) in [6.07, 6.45) is 5.01. The molecule has 1 aromatic rings. The number of amides is 2. The van der Waals surface area contributed by atoms with E-state index in [1.54, 1.807) is 18.5 Å². The molecule has 0 saturated carbocycles. The van der Waals surface area contributed by atoms with Crippen LogP contribution in [0.25, 0.3) is 0 Å². The highest BCUT2D eigenvalue weighted by molar-refractivity contribution is 5.74. The fraction of sp³-hybridized carbons (Fsp3) is 0.688. The molecule has 3 rings (SSSR count). The Labute approximate surface area is 142 Å². The number of rotatable bonds is 5. The minimum Gasteiger partial charge on any atom is -0.460 e. The van der Waals surface area contributed by atoms with Crippen molar-refractivity contribution in [2.24, 2.45) is 0 Å². The highest BCUT2D eigenvalue weighted by Crippen LogP contribution is 2.15. The predicted octanol–water partition coefficient (Wildman–Crippen LogP) is 0.362. The standard InChI is InChI=1S/C16H25N5O3/c22-16(19-6-9-20-10-12-23-13-11-20)21-7-2-14(3-8-21)24-15-17-4-1-5-18-15/h1,4-5,14H,2-3,6-13H2,(H,19,22). The van der Waals surface area contributed by atoms with Crippen LogP contribution < -0.4 is 10.1 Å². The average molecular weight is 335 g/mol. The number of nitrogens with one attached hydrogen (secondary N) is 1. The van der Waals surface area contributed by atoms with E-state index in [2.05, 4.69) is 20.2 Å². The summed E-state index contributed by atoms with van der Waals surface area (Å²) in [5.74, 6) is 0. The van der Waals surface area contributed by atoms with Gasteiger partial charge in [0, 0.05) is 64.5 Å². The normalized spacial score (nSPS) is 19.9. The van der Waals surface area contributed by atoms with Crippen LogP contribution in [0.1, 0.15) is 12.8 Å². The van der Waals surface area contributed by atoms with E-state index in [1.165, 1.54) is 0 Å². The second-order valence-electron chi connectivity index (χ2n) is 6.02. The molecule has 0 atom stereocenters. The summed E-state index contributed by atoms with van der Waals surface area (Å²) in [7, 11) is 0. The molecule has 1 N–H and O–H groups in total. The molecule has 3 heterocycles. The van der Waals surface area contributed by atoms with Crippen molar-refractivity contribution < 1.29 is 14.3 Å².